The number of amides is 1. The molecule has 0 radical (unpaired) electrons. The van der Waals surface area contributed by atoms with Crippen LogP contribution < -0.4 is 5.32 Å². The lowest BCUT2D eigenvalue weighted by Gasteiger charge is -2.20. The number of carbonyl (C=O) groups excluding carboxylic acids is 1. The van der Waals surface area contributed by atoms with Crippen molar-refractivity contribution in [2.24, 2.45) is 0 Å². The average Bonchev–Trinajstić information content (AvgIpc) is 2.55. The van der Waals surface area contributed by atoms with E-state index in [1.54, 1.807) is 0 Å². The zero-order valence-electron chi connectivity index (χ0n) is 13.1. The third-order valence-corrected chi connectivity index (χ3v) is 3.56. The molecule has 0 heterocycles. The van der Waals surface area contributed by atoms with E-state index in [1.807, 2.05) is 37.3 Å². The molecular weight excluding hydrogens is 298 g/mol. The van der Waals surface area contributed by atoms with Crippen LogP contribution in [0.15, 0.2) is 48.5 Å². The highest BCUT2D eigenvalue weighted by molar-refractivity contribution is 5.90. The molecular formula is C18H20F2N2O. The van der Waals surface area contributed by atoms with Crippen LogP contribution in [0, 0.1) is 11.6 Å². The quantitative estimate of drug-likeness (QED) is 0.842. The summed E-state index contributed by atoms with van der Waals surface area (Å²) >= 11 is 0. The van der Waals surface area contributed by atoms with Gasteiger partial charge in [0.05, 0.1) is 5.69 Å². The first-order chi connectivity index (χ1) is 11.1. The number of benzene rings is 2. The molecule has 0 atom stereocenters. The molecule has 0 aromatic heterocycles. The smallest absolute Gasteiger partial charge is 0.225 e. The second kappa shape index (κ2) is 8.39. The van der Waals surface area contributed by atoms with Crippen molar-refractivity contribution >= 4 is 11.6 Å². The third kappa shape index (κ3) is 5.45. The zero-order valence-corrected chi connectivity index (χ0v) is 13.1. The minimum absolute atomic E-state index is 0.00232. The van der Waals surface area contributed by atoms with Crippen molar-refractivity contribution in [3.63, 3.8) is 0 Å². The summed E-state index contributed by atoms with van der Waals surface area (Å²) in [6.45, 7) is 4.17. The van der Waals surface area contributed by atoms with Crippen molar-refractivity contribution in [1.29, 1.82) is 0 Å². The number of rotatable bonds is 7. The Hall–Kier alpha value is -2.27. The normalized spacial score (nSPS) is 10.8. The van der Waals surface area contributed by atoms with E-state index >= 15 is 0 Å². The van der Waals surface area contributed by atoms with E-state index in [0.717, 1.165) is 25.2 Å². The average molecular weight is 318 g/mol. The van der Waals surface area contributed by atoms with Gasteiger partial charge in [-0.05, 0) is 24.2 Å². The summed E-state index contributed by atoms with van der Waals surface area (Å²) in [5, 5.41) is 2.47. The molecule has 0 bridgehead atoms. The van der Waals surface area contributed by atoms with Crippen molar-refractivity contribution in [1.82, 2.24) is 4.90 Å². The molecule has 23 heavy (non-hydrogen) atoms. The second-order valence-electron chi connectivity index (χ2n) is 5.28. The summed E-state index contributed by atoms with van der Waals surface area (Å²) in [5.74, 6) is -1.72. The molecule has 0 saturated carbocycles. The van der Waals surface area contributed by atoms with Crippen molar-refractivity contribution in [2.75, 3.05) is 18.4 Å². The first-order valence-corrected chi connectivity index (χ1v) is 7.59. The monoisotopic (exact) mass is 318 g/mol. The zero-order chi connectivity index (χ0) is 16.7. The highest BCUT2D eigenvalue weighted by atomic mass is 19.1. The minimum atomic E-state index is -0.769. The van der Waals surface area contributed by atoms with Gasteiger partial charge < -0.3 is 5.32 Å². The standard InChI is InChI=1S/C18H20F2N2O/c1-2-22(13-14-6-4-3-5-7-14)11-10-18(23)21-17-9-8-15(19)12-16(17)20/h3-9,12H,2,10-11,13H2,1H3,(H,21,23). The molecule has 2 aromatic carbocycles. The molecule has 3 nitrogen and oxygen atoms in total. The Labute approximate surface area is 134 Å². The van der Waals surface area contributed by atoms with Gasteiger partial charge in [-0.15, -0.1) is 0 Å². The van der Waals surface area contributed by atoms with Crippen molar-refractivity contribution < 1.29 is 13.6 Å². The molecule has 2 rings (SSSR count). The Bertz CT molecular complexity index is 647. The molecule has 0 aliphatic carbocycles. The third-order valence-electron chi connectivity index (χ3n) is 3.56. The van der Waals surface area contributed by atoms with Gasteiger partial charge in [-0.3, -0.25) is 9.69 Å². The fourth-order valence-corrected chi connectivity index (χ4v) is 2.25. The van der Waals surface area contributed by atoms with Gasteiger partial charge in [-0.1, -0.05) is 37.3 Å². The van der Waals surface area contributed by atoms with Crippen LogP contribution in [0.4, 0.5) is 14.5 Å². The predicted molar refractivity (Wildman–Crippen MR) is 87.0 cm³/mol. The molecule has 0 saturated heterocycles. The first kappa shape index (κ1) is 17.1. The van der Waals surface area contributed by atoms with Gasteiger partial charge in [0.25, 0.3) is 0 Å². The Kier molecular flexibility index (Phi) is 6.23. The fourth-order valence-electron chi connectivity index (χ4n) is 2.25. The summed E-state index contributed by atoms with van der Waals surface area (Å²) in [5.41, 5.74) is 1.18. The van der Waals surface area contributed by atoms with Gasteiger partial charge in [0, 0.05) is 25.6 Å². The molecule has 0 aliphatic heterocycles. The number of anilines is 1. The molecule has 0 spiro atoms. The molecule has 0 aliphatic rings. The van der Waals surface area contributed by atoms with Gasteiger partial charge in [0.15, 0.2) is 0 Å². The Balaban J connectivity index is 1.84. The predicted octanol–water partition coefficient (Wildman–Crippen LogP) is 3.82. The summed E-state index contributed by atoms with van der Waals surface area (Å²) < 4.78 is 26.3. The maximum Gasteiger partial charge on any atom is 0.225 e. The van der Waals surface area contributed by atoms with Crippen LogP contribution in [0.3, 0.4) is 0 Å². The Morgan fingerprint density at radius 1 is 1.13 bits per heavy atom. The topological polar surface area (TPSA) is 32.3 Å². The molecule has 122 valence electrons. The summed E-state index contributed by atoms with van der Waals surface area (Å²) in [7, 11) is 0. The largest absolute Gasteiger partial charge is 0.324 e. The molecule has 1 N–H and O–H groups in total. The first-order valence-electron chi connectivity index (χ1n) is 7.59. The van der Waals surface area contributed by atoms with Crippen LogP contribution in [0.1, 0.15) is 18.9 Å². The van der Waals surface area contributed by atoms with Crippen LogP contribution >= 0.6 is 0 Å². The number of hydrogen-bond acceptors (Lipinski definition) is 2. The molecule has 0 fully saturated rings. The van der Waals surface area contributed by atoms with E-state index in [-0.39, 0.29) is 18.0 Å². The molecule has 0 unspecified atom stereocenters. The lowest BCUT2D eigenvalue weighted by atomic mass is 10.2. The van der Waals surface area contributed by atoms with Crippen LogP contribution in [0.5, 0.6) is 0 Å². The van der Waals surface area contributed by atoms with Crippen LogP contribution in [0.25, 0.3) is 0 Å². The lowest BCUT2D eigenvalue weighted by molar-refractivity contribution is -0.116. The van der Waals surface area contributed by atoms with Crippen molar-refractivity contribution in [3.8, 4) is 0 Å². The Morgan fingerprint density at radius 3 is 2.52 bits per heavy atom. The summed E-state index contributed by atoms with van der Waals surface area (Å²) in [4.78, 5) is 14.1. The lowest BCUT2D eigenvalue weighted by Crippen LogP contribution is -2.27. The maximum atomic E-state index is 13.5. The highest BCUT2D eigenvalue weighted by Gasteiger charge is 2.10. The van der Waals surface area contributed by atoms with Crippen molar-refractivity contribution in [3.05, 3.63) is 65.7 Å². The van der Waals surface area contributed by atoms with Crippen LogP contribution in [-0.4, -0.2) is 23.9 Å². The molecule has 2 aromatic rings. The van der Waals surface area contributed by atoms with Crippen LogP contribution in [0.2, 0.25) is 0 Å². The SMILES string of the molecule is CCN(CCC(=O)Nc1ccc(F)cc1F)Cc1ccccc1. The van der Waals surface area contributed by atoms with Gasteiger partial charge >= 0.3 is 0 Å². The maximum absolute atomic E-state index is 13.5. The number of hydrogen-bond donors (Lipinski definition) is 1. The fraction of sp³-hybridized carbons (Fsp3) is 0.278. The molecule has 5 heteroatoms. The van der Waals surface area contributed by atoms with E-state index < -0.39 is 11.6 Å². The van der Waals surface area contributed by atoms with Crippen LogP contribution in [-0.2, 0) is 11.3 Å². The van der Waals surface area contributed by atoms with Gasteiger partial charge in [0.1, 0.15) is 11.6 Å². The number of nitrogens with one attached hydrogen (secondary N) is 1. The van der Waals surface area contributed by atoms with E-state index in [0.29, 0.717) is 6.54 Å². The van der Waals surface area contributed by atoms with Gasteiger partial charge in [0.2, 0.25) is 5.91 Å². The number of nitrogens with zero attached hydrogens (tertiary/aromatic N) is 1. The van der Waals surface area contributed by atoms with Gasteiger partial charge in [-0.2, -0.15) is 0 Å². The summed E-state index contributed by atoms with van der Waals surface area (Å²) in [6, 6.07) is 13.1. The highest BCUT2D eigenvalue weighted by Crippen LogP contribution is 2.15. The van der Waals surface area contributed by atoms with E-state index in [9.17, 15) is 13.6 Å². The summed E-state index contributed by atoms with van der Waals surface area (Å²) in [6.07, 6.45) is 0.248. The van der Waals surface area contributed by atoms with Gasteiger partial charge in [-0.25, -0.2) is 8.78 Å². The van der Waals surface area contributed by atoms with Crippen molar-refractivity contribution in [2.45, 2.75) is 19.9 Å². The van der Waals surface area contributed by atoms with E-state index in [4.69, 9.17) is 0 Å². The van der Waals surface area contributed by atoms with E-state index in [2.05, 4.69) is 10.2 Å². The number of carbonyl (C=O) groups is 1. The van der Waals surface area contributed by atoms with E-state index in [1.165, 1.54) is 11.6 Å². The minimum Gasteiger partial charge on any atom is -0.324 e. The Morgan fingerprint density at radius 2 is 1.87 bits per heavy atom. The number of halogens is 2. The second-order valence-corrected chi connectivity index (χ2v) is 5.28. The molecule has 1 amide bonds.